The second-order valence-electron chi connectivity index (χ2n) is 9.52. The molecule has 0 saturated heterocycles. The molecule has 5 rings (SSSR count). The van der Waals surface area contributed by atoms with Gasteiger partial charge < -0.3 is 9.47 Å². The van der Waals surface area contributed by atoms with E-state index < -0.39 is 27.4 Å². The van der Waals surface area contributed by atoms with Gasteiger partial charge in [0.05, 0.1) is 17.9 Å². The zero-order chi connectivity index (χ0) is 26.4. The van der Waals surface area contributed by atoms with Crippen LogP contribution in [0.25, 0.3) is 11.1 Å². The van der Waals surface area contributed by atoms with Crippen molar-refractivity contribution < 1.29 is 35.5 Å². The number of ether oxygens (including phenoxy) is 2. The minimum atomic E-state index is -4.73. The number of aromatic nitrogens is 2. The van der Waals surface area contributed by atoms with E-state index in [4.69, 9.17) is 9.47 Å². The second kappa shape index (κ2) is 9.59. The Hall–Kier alpha value is -3.21. The van der Waals surface area contributed by atoms with Crippen LogP contribution >= 0.6 is 0 Å². The van der Waals surface area contributed by atoms with Gasteiger partial charge in [-0.2, -0.15) is 13.2 Å². The van der Waals surface area contributed by atoms with E-state index in [1.807, 2.05) is 6.07 Å². The van der Waals surface area contributed by atoms with E-state index in [1.165, 1.54) is 29.7 Å². The molecule has 0 amide bonds. The molecule has 196 valence electrons. The second-order valence-corrected chi connectivity index (χ2v) is 11.8. The maximum Gasteiger partial charge on any atom is 0.417 e. The highest BCUT2D eigenvalue weighted by molar-refractivity contribution is 7.90. The molecular formula is C26H24F4N2O4S. The van der Waals surface area contributed by atoms with Gasteiger partial charge in [0.2, 0.25) is 11.8 Å². The fourth-order valence-electron chi connectivity index (χ4n) is 4.69. The maximum atomic E-state index is 14.5. The molecule has 3 aromatic rings. The summed E-state index contributed by atoms with van der Waals surface area (Å²) in [6.07, 6.45) is 1.43. The Labute approximate surface area is 211 Å². The molecule has 0 radical (unpaired) electrons. The number of halogens is 4. The fraction of sp³-hybridized carbons (Fsp3) is 0.385. The molecule has 2 aliphatic carbocycles. The van der Waals surface area contributed by atoms with Crippen LogP contribution in [-0.2, 0) is 29.0 Å². The van der Waals surface area contributed by atoms with Gasteiger partial charge in [0.25, 0.3) is 0 Å². The first kappa shape index (κ1) is 25.4. The Kier molecular flexibility index (Phi) is 6.59. The molecule has 37 heavy (non-hydrogen) atoms. The van der Waals surface area contributed by atoms with Crippen LogP contribution in [0.5, 0.6) is 11.8 Å². The number of sulfone groups is 1. The van der Waals surface area contributed by atoms with Crippen molar-refractivity contribution in [2.24, 2.45) is 5.92 Å². The van der Waals surface area contributed by atoms with Crippen molar-refractivity contribution in [1.82, 2.24) is 9.97 Å². The van der Waals surface area contributed by atoms with E-state index in [1.54, 1.807) is 6.20 Å². The van der Waals surface area contributed by atoms with Crippen LogP contribution in [0.15, 0.2) is 42.7 Å². The smallest absolute Gasteiger partial charge is 0.417 e. The van der Waals surface area contributed by atoms with Crippen LogP contribution in [0, 0.1) is 11.7 Å². The van der Waals surface area contributed by atoms with E-state index in [9.17, 15) is 26.0 Å². The third-order valence-corrected chi connectivity index (χ3v) is 7.66. The molecular weight excluding hydrogens is 512 g/mol. The van der Waals surface area contributed by atoms with Crippen molar-refractivity contribution in [3.8, 4) is 22.9 Å². The predicted molar refractivity (Wildman–Crippen MR) is 128 cm³/mol. The van der Waals surface area contributed by atoms with Crippen LogP contribution in [0.4, 0.5) is 17.6 Å². The van der Waals surface area contributed by atoms with Crippen LogP contribution in [0.2, 0.25) is 0 Å². The number of hydrogen-bond donors (Lipinski definition) is 0. The highest BCUT2D eigenvalue weighted by Crippen LogP contribution is 2.56. The Morgan fingerprint density at radius 1 is 1.05 bits per heavy atom. The molecule has 1 aromatic carbocycles. The van der Waals surface area contributed by atoms with Crippen molar-refractivity contribution in [2.45, 2.75) is 38.0 Å². The molecule has 0 N–H and O–H groups in total. The van der Waals surface area contributed by atoms with E-state index >= 15 is 0 Å². The molecule has 2 aliphatic rings. The molecule has 0 bridgehead atoms. The zero-order valence-corrected chi connectivity index (χ0v) is 20.7. The van der Waals surface area contributed by atoms with E-state index in [2.05, 4.69) is 9.97 Å². The number of benzene rings is 1. The van der Waals surface area contributed by atoms with Gasteiger partial charge in [-0.05, 0) is 59.9 Å². The molecule has 11 heteroatoms. The van der Waals surface area contributed by atoms with Crippen molar-refractivity contribution in [1.29, 1.82) is 0 Å². The van der Waals surface area contributed by atoms with Crippen molar-refractivity contribution >= 4 is 9.84 Å². The molecule has 0 spiro atoms. The standard InChI is InChI=1S/C26H24F4N2O4S/c1-37(33,34)6-2-5-35-25-11-22(26(28,29)30)21(13-32-25)15-3-4-23(27)18(7-15)14-36-24-10-17-8-16-9-19(16)20(17)12-31-24/h3-4,7,10-13,16,19H,2,5-6,8-9,14H2,1H3. The van der Waals surface area contributed by atoms with Crippen molar-refractivity contribution in [3.63, 3.8) is 0 Å². The molecule has 2 unspecified atom stereocenters. The average molecular weight is 537 g/mol. The van der Waals surface area contributed by atoms with Gasteiger partial charge in [-0.3, -0.25) is 0 Å². The van der Waals surface area contributed by atoms with Crippen LogP contribution < -0.4 is 9.47 Å². The van der Waals surface area contributed by atoms with Crippen LogP contribution in [-0.4, -0.2) is 37.0 Å². The summed E-state index contributed by atoms with van der Waals surface area (Å²) >= 11 is 0. The third-order valence-electron chi connectivity index (χ3n) is 6.63. The number of nitrogens with zero attached hydrogens (tertiary/aromatic N) is 2. The SMILES string of the molecule is CS(=O)(=O)CCCOc1cc(C(F)(F)F)c(-c2ccc(F)c(COc3cc4c(cn3)C3CC3C4)c2)cn1. The number of pyridine rings is 2. The summed E-state index contributed by atoms with van der Waals surface area (Å²) in [6, 6.07) is 6.25. The minimum absolute atomic E-state index is 0.0804. The molecule has 2 heterocycles. The molecule has 0 aliphatic heterocycles. The average Bonchev–Trinajstić information content (AvgIpc) is 3.50. The van der Waals surface area contributed by atoms with Gasteiger partial charge in [0, 0.05) is 41.9 Å². The summed E-state index contributed by atoms with van der Waals surface area (Å²) in [7, 11) is -3.21. The molecule has 1 fully saturated rings. The lowest BCUT2D eigenvalue weighted by Crippen LogP contribution is -2.11. The Morgan fingerprint density at radius 2 is 1.81 bits per heavy atom. The monoisotopic (exact) mass is 536 g/mol. The first-order chi connectivity index (χ1) is 17.5. The summed E-state index contributed by atoms with van der Waals surface area (Å²) < 4.78 is 89.5. The van der Waals surface area contributed by atoms with Crippen LogP contribution in [0.1, 0.15) is 41.0 Å². The molecule has 2 aromatic heterocycles. The van der Waals surface area contributed by atoms with Gasteiger partial charge in [-0.1, -0.05) is 6.07 Å². The van der Waals surface area contributed by atoms with E-state index in [0.717, 1.165) is 31.0 Å². The highest BCUT2D eigenvalue weighted by atomic mass is 32.2. The van der Waals surface area contributed by atoms with Gasteiger partial charge >= 0.3 is 6.18 Å². The molecule has 6 nitrogen and oxygen atoms in total. The maximum absolute atomic E-state index is 14.5. The lowest BCUT2D eigenvalue weighted by Gasteiger charge is -2.16. The summed E-state index contributed by atoms with van der Waals surface area (Å²) in [5, 5.41) is 0. The quantitative estimate of drug-likeness (QED) is 0.271. The summed E-state index contributed by atoms with van der Waals surface area (Å²) in [6.45, 7) is -0.304. The first-order valence-corrected chi connectivity index (χ1v) is 13.8. The first-order valence-electron chi connectivity index (χ1n) is 11.8. The summed E-state index contributed by atoms with van der Waals surface area (Å²) in [5.41, 5.74) is 1.37. The number of fused-ring (bicyclic) bond motifs is 3. The Morgan fingerprint density at radius 3 is 2.57 bits per heavy atom. The lowest BCUT2D eigenvalue weighted by molar-refractivity contribution is -0.137. The Bertz CT molecular complexity index is 1440. The zero-order valence-electron chi connectivity index (χ0n) is 19.9. The summed E-state index contributed by atoms with van der Waals surface area (Å²) in [5.74, 6) is 0.571. The van der Waals surface area contributed by atoms with Crippen molar-refractivity contribution in [2.75, 3.05) is 18.6 Å². The van der Waals surface area contributed by atoms with Crippen LogP contribution in [0.3, 0.4) is 0 Å². The van der Waals surface area contributed by atoms with Gasteiger partial charge in [-0.25, -0.2) is 22.8 Å². The van der Waals surface area contributed by atoms with Gasteiger partial charge in [0.15, 0.2) is 0 Å². The lowest BCUT2D eigenvalue weighted by atomic mass is 9.99. The number of alkyl halides is 3. The highest BCUT2D eigenvalue weighted by Gasteiger charge is 2.45. The normalized spacial score (nSPS) is 18.3. The van der Waals surface area contributed by atoms with Gasteiger partial charge in [-0.15, -0.1) is 0 Å². The minimum Gasteiger partial charge on any atom is -0.478 e. The number of rotatable bonds is 9. The molecule has 1 saturated carbocycles. The fourth-order valence-corrected chi connectivity index (χ4v) is 5.34. The Balaban J connectivity index is 1.33. The summed E-state index contributed by atoms with van der Waals surface area (Å²) in [4.78, 5) is 8.25. The molecule has 2 atom stereocenters. The largest absolute Gasteiger partial charge is 0.478 e. The van der Waals surface area contributed by atoms with Crippen molar-refractivity contribution in [3.05, 3.63) is 70.8 Å². The van der Waals surface area contributed by atoms with E-state index in [-0.39, 0.29) is 48.0 Å². The topological polar surface area (TPSA) is 78.4 Å². The van der Waals surface area contributed by atoms with E-state index in [0.29, 0.717) is 17.7 Å². The number of hydrogen-bond acceptors (Lipinski definition) is 6. The third kappa shape index (κ3) is 5.87. The predicted octanol–water partition coefficient (Wildman–Crippen LogP) is 5.35. The van der Waals surface area contributed by atoms with Gasteiger partial charge in [0.1, 0.15) is 22.3 Å².